The highest BCUT2D eigenvalue weighted by Crippen LogP contribution is 2.54. The maximum absolute atomic E-state index is 11.9. The topological polar surface area (TPSA) is 84.7 Å². The van der Waals surface area contributed by atoms with Crippen molar-refractivity contribution in [2.24, 2.45) is 5.41 Å². The molecule has 1 heterocycles. The molecule has 6 heteroatoms. The van der Waals surface area contributed by atoms with Crippen molar-refractivity contribution in [1.82, 2.24) is 4.90 Å². The predicted molar refractivity (Wildman–Crippen MR) is 99.5 cm³/mol. The lowest BCUT2D eigenvalue weighted by Gasteiger charge is -2.26. The van der Waals surface area contributed by atoms with Crippen molar-refractivity contribution in [3.63, 3.8) is 0 Å². The number of likely N-dealkylation sites (tertiary alicyclic amines) is 1. The minimum Gasteiger partial charge on any atom is -0.444 e. The van der Waals surface area contributed by atoms with Crippen LogP contribution in [0, 0.1) is 5.41 Å². The number of ether oxygens (including phenoxy) is 1. The highest BCUT2D eigenvalue weighted by molar-refractivity contribution is 5.75. The summed E-state index contributed by atoms with van der Waals surface area (Å²) in [6, 6.07) is 7.39. The van der Waals surface area contributed by atoms with Crippen LogP contribution in [0.3, 0.4) is 0 Å². The number of carbonyl (C=O) groups excluding carboxylic acids is 2. The number of para-hydroxylation sites is 2. The van der Waals surface area contributed by atoms with Gasteiger partial charge in [0.2, 0.25) is 0 Å². The molecule has 2 fully saturated rings. The molecule has 1 aromatic carbocycles. The number of nitrogens with one attached hydrogen (secondary N) is 1. The van der Waals surface area contributed by atoms with Crippen LogP contribution in [0.5, 0.6) is 0 Å². The first-order valence-corrected chi connectivity index (χ1v) is 8.67. The number of nitrogen functional groups attached to an aromatic ring is 1. The monoisotopic (exact) mass is 347 g/mol. The minimum absolute atomic E-state index is 0.239. The standard InChI is InChI=1S/C12H19NO3.C7H10N2/c1-11(2,3)16-10(15)13-8-12(4-5-12)6-9(13)7-14;1-9-7-5-3-2-4-6(7)8/h7,9H,4-6,8H2,1-3H3;2-5,9H,8H2,1H3. The van der Waals surface area contributed by atoms with E-state index in [0.29, 0.717) is 6.54 Å². The van der Waals surface area contributed by atoms with E-state index in [1.807, 2.05) is 52.1 Å². The number of hydrogen-bond acceptors (Lipinski definition) is 5. The average molecular weight is 347 g/mol. The molecule has 0 radical (unpaired) electrons. The molecule has 1 saturated heterocycles. The summed E-state index contributed by atoms with van der Waals surface area (Å²) in [7, 11) is 1.85. The Hall–Kier alpha value is -2.24. The molecule has 1 atom stereocenters. The molecule has 1 saturated carbocycles. The van der Waals surface area contributed by atoms with Crippen molar-refractivity contribution in [3.05, 3.63) is 24.3 Å². The Morgan fingerprint density at radius 3 is 2.44 bits per heavy atom. The lowest BCUT2D eigenvalue weighted by Crippen LogP contribution is -2.40. The number of carbonyl (C=O) groups is 2. The fourth-order valence-corrected chi connectivity index (χ4v) is 3.00. The third-order valence-corrected chi connectivity index (χ3v) is 4.52. The van der Waals surface area contributed by atoms with Crippen molar-refractivity contribution < 1.29 is 14.3 Å². The summed E-state index contributed by atoms with van der Waals surface area (Å²) in [5.74, 6) is 0. The number of aldehydes is 1. The van der Waals surface area contributed by atoms with Gasteiger partial charge < -0.3 is 20.6 Å². The first kappa shape index (κ1) is 19.1. The third-order valence-electron chi connectivity index (χ3n) is 4.52. The zero-order valence-electron chi connectivity index (χ0n) is 15.5. The SMILES string of the molecule is CC(C)(C)OC(=O)N1CC2(CC2)CC1C=O.CNc1ccccc1N. The molecule has 0 aromatic heterocycles. The molecule has 1 aliphatic carbocycles. The summed E-state index contributed by atoms with van der Waals surface area (Å²) >= 11 is 0. The van der Waals surface area contributed by atoms with Gasteiger partial charge in [-0.2, -0.15) is 0 Å². The second-order valence-corrected chi connectivity index (χ2v) is 7.85. The summed E-state index contributed by atoms with van der Waals surface area (Å²) in [4.78, 5) is 24.4. The van der Waals surface area contributed by atoms with E-state index < -0.39 is 5.60 Å². The van der Waals surface area contributed by atoms with Gasteiger partial charge in [0.05, 0.1) is 17.4 Å². The fraction of sp³-hybridized carbons (Fsp3) is 0.579. The van der Waals surface area contributed by atoms with E-state index in [4.69, 9.17) is 10.5 Å². The van der Waals surface area contributed by atoms with Gasteiger partial charge in [0.1, 0.15) is 11.9 Å². The van der Waals surface area contributed by atoms with Gasteiger partial charge in [0.15, 0.2) is 0 Å². The van der Waals surface area contributed by atoms with Crippen LogP contribution in [0.25, 0.3) is 0 Å². The van der Waals surface area contributed by atoms with E-state index in [2.05, 4.69) is 5.32 Å². The Bertz CT molecular complexity index is 621. The van der Waals surface area contributed by atoms with Gasteiger partial charge in [-0.1, -0.05) is 12.1 Å². The molecule has 0 bridgehead atoms. The Morgan fingerprint density at radius 1 is 1.36 bits per heavy atom. The normalized spacial score (nSPS) is 20.5. The molecule has 3 N–H and O–H groups in total. The number of hydrogen-bond donors (Lipinski definition) is 2. The van der Waals surface area contributed by atoms with Crippen LogP contribution in [0.1, 0.15) is 40.0 Å². The van der Waals surface area contributed by atoms with E-state index >= 15 is 0 Å². The number of benzene rings is 1. The second kappa shape index (κ2) is 7.33. The highest BCUT2D eigenvalue weighted by atomic mass is 16.6. The zero-order chi connectivity index (χ0) is 18.7. The molecular formula is C19H29N3O3. The van der Waals surface area contributed by atoms with Gasteiger partial charge in [0.25, 0.3) is 0 Å². The van der Waals surface area contributed by atoms with Gasteiger partial charge in [-0.25, -0.2) is 4.79 Å². The Labute approximate surface area is 149 Å². The van der Waals surface area contributed by atoms with Gasteiger partial charge in [-0.3, -0.25) is 4.90 Å². The first-order chi connectivity index (χ1) is 11.7. The average Bonchev–Trinajstić information content (AvgIpc) is 3.17. The van der Waals surface area contributed by atoms with E-state index in [-0.39, 0.29) is 17.6 Å². The number of rotatable bonds is 2. The van der Waals surface area contributed by atoms with E-state index in [1.165, 1.54) is 0 Å². The van der Waals surface area contributed by atoms with Crippen molar-refractivity contribution in [1.29, 1.82) is 0 Å². The van der Waals surface area contributed by atoms with E-state index in [9.17, 15) is 9.59 Å². The Kier molecular flexibility index (Phi) is 5.60. The molecule has 1 amide bonds. The number of anilines is 2. The van der Waals surface area contributed by atoms with Crippen LogP contribution in [-0.2, 0) is 9.53 Å². The van der Waals surface area contributed by atoms with E-state index in [0.717, 1.165) is 36.9 Å². The summed E-state index contributed by atoms with van der Waals surface area (Å²) in [5, 5.41) is 2.97. The zero-order valence-corrected chi connectivity index (χ0v) is 15.5. The number of amides is 1. The maximum Gasteiger partial charge on any atom is 0.410 e. The molecule has 25 heavy (non-hydrogen) atoms. The number of nitrogens with zero attached hydrogens (tertiary/aromatic N) is 1. The lowest BCUT2D eigenvalue weighted by molar-refractivity contribution is -0.111. The van der Waals surface area contributed by atoms with Gasteiger partial charge >= 0.3 is 6.09 Å². The lowest BCUT2D eigenvalue weighted by atomic mass is 10.0. The predicted octanol–water partition coefficient (Wildman–Crippen LogP) is 3.29. The second-order valence-electron chi connectivity index (χ2n) is 7.85. The molecule has 2 aliphatic rings. The number of nitrogens with two attached hydrogens (primary N) is 1. The highest BCUT2D eigenvalue weighted by Gasteiger charge is 2.53. The molecule has 6 nitrogen and oxygen atoms in total. The molecule has 3 rings (SSSR count). The molecule has 1 aromatic rings. The quantitative estimate of drug-likeness (QED) is 0.633. The largest absolute Gasteiger partial charge is 0.444 e. The smallest absolute Gasteiger partial charge is 0.410 e. The fourth-order valence-electron chi connectivity index (χ4n) is 3.00. The van der Waals surface area contributed by atoms with Gasteiger partial charge in [-0.05, 0) is 57.6 Å². The van der Waals surface area contributed by atoms with Crippen LogP contribution in [0.2, 0.25) is 0 Å². The maximum atomic E-state index is 11.9. The molecule has 1 unspecified atom stereocenters. The molecule has 1 aliphatic heterocycles. The van der Waals surface area contributed by atoms with Crippen molar-refractivity contribution in [2.75, 3.05) is 24.6 Å². The van der Waals surface area contributed by atoms with Crippen molar-refractivity contribution in [3.8, 4) is 0 Å². The van der Waals surface area contributed by atoms with Gasteiger partial charge in [-0.15, -0.1) is 0 Å². The third kappa shape index (κ3) is 5.11. The van der Waals surface area contributed by atoms with Crippen LogP contribution < -0.4 is 11.1 Å². The van der Waals surface area contributed by atoms with Crippen LogP contribution in [0.15, 0.2) is 24.3 Å². The Balaban J connectivity index is 0.000000212. The minimum atomic E-state index is -0.496. The molecular weight excluding hydrogens is 318 g/mol. The Morgan fingerprint density at radius 2 is 2.00 bits per heavy atom. The molecule has 1 spiro atoms. The van der Waals surface area contributed by atoms with Crippen molar-refractivity contribution >= 4 is 23.8 Å². The van der Waals surface area contributed by atoms with Crippen molar-refractivity contribution in [2.45, 2.75) is 51.7 Å². The summed E-state index contributed by atoms with van der Waals surface area (Å²) < 4.78 is 5.30. The first-order valence-electron chi connectivity index (χ1n) is 8.67. The summed E-state index contributed by atoms with van der Waals surface area (Å²) in [5.41, 5.74) is 7.09. The summed E-state index contributed by atoms with van der Waals surface area (Å²) in [6.07, 6.45) is 3.60. The van der Waals surface area contributed by atoms with Crippen LogP contribution >= 0.6 is 0 Å². The van der Waals surface area contributed by atoms with E-state index in [1.54, 1.807) is 4.90 Å². The molecule has 138 valence electrons. The van der Waals surface area contributed by atoms with Crippen LogP contribution in [-0.4, -0.2) is 42.5 Å². The summed E-state index contributed by atoms with van der Waals surface area (Å²) in [6.45, 7) is 6.20. The van der Waals surface area contributed by atoms with Gasteiger partial charge in [0, 0.05) is 13.6 Å². The van der Waals surface area contributed by atoms with Crippen LogP contribution in [0.4, 0.5) is 16.2 Å².